The first-order valence-corrected chi connectivity index (χ1v) is 4.81. The van der Waals surface area contributed by atoms with Crippen LogP contribution in [0.4, 0.5) is 0 Å². The highest BCUT2D eigenvalue weighted by Crippen LogP contribution is 2.20. The van der Waals surface area contributed by atoms with Crippen molar-refractivity contribution in [3.8, 4) is 0 Å². The Morgan fingerprint density at radius 1 is 1.33 bits per heavy atom. The minimum absolute atomic E-state index is 0.0677. The van der Waals surface area contributed by atoms with Crippen LogP contribution in [0.1, 0.15) is 16.8 Å². The van der Waals surface area contributed by atoms with E-state index in [4.69, 9.17) is 11.1 Å². The van der Waals surface area contributed by atoms with Gasteiger partial charge in [0.25, 0.3) is 0 Å². The minimum Gasteiger partial charge on any atom is -0.384 e. The standard InChI is InChI=1S/C12H13N3/c1-7-6-8(2)15-11-9(7)4-3-5-10(11)12(13)14/h3-6H,1-2H3,(H3,13,14). The van der Waals surface area contributed by atoms with E-state index < -0.39 is 0 Å². The summed E-state index contributed by atoms with van der Waals surface area (Å²) in [5.74, 6) is 0.0677. The third-order valence-corrected chi connectivity index (χ3v) is 2.46. The van der Waals surface area contributed by atoms with E-state index in [0.29, 0.717) is 5.56 Å². The highest BCUT2D eigenvalue weighted by Gasteiger charge is 2.06. The van der Waals surface area contributed by atoms with Crippen molar-refractivity contribution in [2.45, 2.75) is 13.8 Å². The van der Waals surface area contributed by atoms with E-state index in [0.717, 1.165) is 16.6 Å². The van der Waals surface area contributed by atoms with Gasteiger partial charge in [-0.15, -0.1) is 0 Å². The van der Waals surface area contributed by atoms with Gasteiger partial charge in [-0.05, 0) is 31.5 Å². The molecule has 0 fully saturated rings. The number of benzene rings is 1. The second kappa shape index (κ2) is 3.35. The number of rotatable bonds is 1. The summed E-state index contributed by atoms with van der Waals surface area (Å²) < 4.78 is 0. The molecule has 2 rings (SSSR count). The maximum atomic E-state index is 7.50. The van der Waals surface area contributed by atoms with Crippen molar-refractivity contribution in [1.82, 2.24) is 4.98 Å². The molecule has 76 valence electrons. The first-order valence-electron chi connectivity index (χ1n) is 4.81. The lowest BCUT2D eigenvalue weighted by Gasteiger charge is -2.07. The number of amidine groups is 1. The molecule has 0 aliphatic rings. The number of nitrogens with two attached hydrogens (primary N) is 1. The monoisotopic (exact) mass is 199 g/mol. The summed E-state index contributed by atoms with van der Waals surface area (Å²) in [6.07, 6.45) is 0. The Balaban J connectivity index is 2.91. The maximum absolute atomic E-state index is 7.50. The zero-order valence-corrected chi connectivity index (χ0v) is 8.83. The summed E-state index contributed by atoms with van der Waals surface area (Å²) in [5.41, 5.74) is 9.17. The Morgan fingerprint density at radius 3 is 2.73 bits per heavy atom. The summed E-state index contributed by atoms with van der Waals surface area (Å²) >= 11 is 0. The molecule has 0 amide bonds. The zero-order chi connectivity index (χ0) is 11.0. The van der Waals surface area contributed by atoms with Crippen LogP contribution in [-0.4, -0.2) is 10.8 Å². The van der Waals surface area contributed by atoms with E-state index in [-0.39, 0.29) is 5.84 Å². The second-order valence-electron chi connectivity index (χ2n) is 3.70. The summed E-state index contributed by atoms with van der Waals surface area (Å²) in [4.78, 5) is 4.44. The predicted molar refractivity (Wildman–Crippen MR) is 62.2 cm³/mol. The van der Waals surface area contributed by atoms with Crippen LogP contribution in [0.15, 0.2) is 24.3 Å². The van der Waals surface area contributed by atoms with E-state index >= 15 is 0 Å². The molecular formula is C12H13N3. The first-order chi connectivity index (χ1) is 7.09. The average molecular weight is 199 g/mol. The molecule has 0 spiro atoms. The van der Waals surface area contributed by atoms with Gasteiger partial charge in [-0.25, -0.2) is 0 Å². The van der Waals surface area contributed by atoms with Gasteiger partial charge in [0.1, 0.15) is 5.84 Å². The molecule has 0 saturated heterocycles. The van der Waals surface area contributed by atoms with Crippen molar-refractivity contribution >= 4 is 16.7 Å². The number of nitrogens with one attached hydrogen (secondary N) is 1. The van der Waals surface area contributed by atoms with Gasteiger partial charge >= 0.3 is 0 Å². The average Bonchev–Trinajstić information content (AvgIpc) is 2.16. The van der Waals surface area contributed by atoms with Gasteiger partial charge < -0.3 is 5.73 Å². The molecule has 15 heavy (non-hydrogen) atoms. The molecule has 2 aromatic rings. The summed E-state index contributed by atoms with van der Waals surface area (Å²) in [6.45, 7) is 3.99. The number of hydrogen-bond donors (Lipinski definition) is 2. The Bertz CT molecular complexity index is 544. The molecule has 0 atom stereocenters. The SMILES string of the molecule is Cc1cc(C)c2cccc(C(=N)N)c2n1. The molecule has 0 unspecified atom stereocenters. The van der Waals surface area contributed by atoms with Crippen molar-refractivity contribution in [2.75, 3.05) is 0 Å². The van der Waals surface area contributed by atoms with Crippen LogP contribution in [0.2, 0.25) is 0 Å². The number of nitrogens with zero attached hydrogens (tertiary/aromatic N) is 1. The van der Waals surface area contributed by atoms with E-state index in [1.165, 1.54) is 5.56 Å². The Labute approximate surface area is 88.5 Å². The predicted octanol–water partition coefficient (Wildman–Crippen LogP) is 2.14. The highest BCUT2D eigenvalue weighted by molar-refractivity contribution is 6.06. The lowest BCUT2D eigenvalue weighted by atomic mass is 10.0. The van der Waals surface area contributed by atoms with Crippen LogP contribution < -0.4 is 5.73 Å². The molecule has 3 heteroatoms. The molecule has 0 aliphatic heterocycles. The molecule has 1 aromatic heterocycles. The van der Waals surface area contributed by atoms with Gasteiger partial charge in [0, 0.05) is 16.6 Å². The van der Waals surface area contributed by atoms with Gasteiger partial charge in [-0.2, -0.15) is 0 Å². The quantitative estimate of drug-likeness (QED) is 0.546. The van der Waals surface area contributed by atoms with Crippen molar-refractivity contribution < 1.29 is 0 Å². The van der Waals surface area contributed by atoms with Crippen molar-refractivity contribution in [1.29, 1.82) is 5.41 Å². The topological polar surface area (TPSA) is 62.8 Å². The Morgan fingerprint density at radius 2 is 2.07 bits per heavy atom. The molecule has 3 N–H and O–H groups in total. The van der Waals surface area contributed by atoms with Crippen molar-refractivity contribution in [3.05, 3.63) is 41.1 Å². The lowest BCUT2D eigenvalue weighted by Crippen LogP contribution is -2.12. The molecular weight excluding hydrogens is 186 g/mol. The Kier molecular flexibility index (Phi) is 2.15. The van der Waals surface area contributed by atoms with Gasteiger partial charge in [0.15, 0.2) is 0 Å². The fourth-order valence-corrected chi connectivity index (χ4v) is 1.80. The zero-order valence-electron chi connectivity index (χ0n) is 8.83. The smallest absolute Gasteiger partial charge is 0.125 e. The highest BCUT2D eigenvalue weighted by atomic mass is 14.7. The number of hydrogen-bond acceptors (Lipinski definition) is 2. The van der Waals surface area contributed by atoms with Gasteiger partial charge in [0.2, 0.25) is 0 Å². The lowest BCUT2D eigenvalue weighted by molar-refractivity contribution is 1.23. The summed E-state index contributed by atoms with van der Waals surface area (Å²) in [6, 6.07) is 7.77. The van der Waals surface area contributed by atoms with Gasteiger partial charge in [0.05, 0.1) is 5.52 Å². The number of fused-ring (bicyclic) bond motifs is 1. The van der Waals surface area contributed by atoms with E-state index in [1.54, 1.807) is 0 Å². The molecule has 1 aromatic carbocycles. The molecule has 0 saturated carbocycles. The van der Waals surface area contributed by atoms with Crippen LogP contribution >= 0.6 is 0 Å². The van der Waals surface area contributed by atoms with Crippen LogP contribution in [0, 0.1) is 19.3 Å². The molecule has 0 aliphatic carbocycles. The third kappa shape index (κ3) is 1.56. The molecule has 0 radical (unpaired) electrons. The van der Waals surface area contributed by atoms with Crippen LogP contribution in [0.25, 0.3) is 10.9 Å². The van der Waals surface area contributed by atoms with E-state index in [1.807, 2.05) is 38.1 Å². The molecule has 3 nitrogen and oxygen atoms in total. The Hall–Kier alpha value is -1.90. The van der Waals surface area contributed by atoms with Crippen LogP contribution in [0.5, 0.6) is 0 Å². The number of para-hydroxylation sites is 1. The van der Waals surface area contributed by atoms with Crippen molar-refractivity contribution in [3.63, 3.8) is 0 Å². The van der Waals surface area contributed by atoms with Crippen LogP contribution in [0.3, 0.4) is 0 Å². The second-order valence-corrected chi connectivity index (χ2v) is 3.70. The van der Waals surface area contributed by atoms with Gasteiger partial charge in [-0.1, -0.05) is 12.1 Å². The molecule has 0 bridgehead atoms. The normalized spacial score (nSPS) is 10.5. The fourth-order valence-electron chi connectivity index (χ4n) is 1.80. The third-order valence-electron chi connectivity index (χ3n) is 2.46. The molecule has 1 heterocycles. The van der Waals surface area contributed by atoms with Crippen molar-refractivity contribution in [2.24, 2.45) is 5.73 Å². The number of aromatic nitrogens is 1. The number of nitrogen functional groups attached to an aromatic ring is 1. The van der Waals surface area contributed by atoms with Crippen LogP contribution in [-0.2, 0) is 0 Å². The summed E-state index contributed by atoms with van der Waals surface area (Å²) in [7, 11) is 0. The number of aryl methyl sites for hydroxylation is 2. The van der Waals surface area contributed by atoms with E-state index in [2.05, 4.69) is 4.98 Å². The number of pyridine rings is 1. The fraction of sp³-hybridized carbons (Fsp3) is 0.167. The summed E-state index contributed by atoms with van der Waals surface area (Å²) in [5, 5.41) is 8.56. The largest absolute Gasteiger partial charge is 0.384 e. The maximum Gasteiger partial charge on any atom is 0.125 e. The van der Waals surface area contributed by atoms with E-state index in [9.17, 15) is 0 Å². The first kappa shape index (κ1) is 9.65. The van der Waals surface area contributed by atoms with Gasteiger partial charge in [-0.3, -0.25) is 10.4 Å². The minimum atomic E-state index is 0.0677.